The molecule has 0 radical (unpaired) electrons. The molecule has 0 aromatic heterocycles. The van der Waals surface area contributed by atoms with E-state index in [1.165, 1.54) is 6.42 Å². The van der Waals surface area contributed by atoms with Gasteiger partial charge in [0.1, 0.15) is 0 Å². The minimum absolute atomic E-state index is 0.0590. The van der Waals surface area contributed by atoms with Crippen LogP contribution in [0.15, 0.2) is 0 Å². The fourth-order valence-electron chi connectivity index (χ4n) is 1.21. The van der Waals surface area contributed by atoms with E-state index in [-0.39, 0.29) is 6.10 Å². The van der Waals surface area contributed by atoms with Crippen molar-refractivity contribution in [1.29, 1.82) is 0 Å². The van der Waals surface area contributed by atoms with Gasteiger partial charge in [-0.15, -0.1) is 0 Å². The van der Waals surface area contributed by atoms with Crippen LogP contribution in [0.5, 0.6) is 0 Å². The highest BCUT2D eigenvalue weighted by atomic mass is 16.6. The van der Waals surface area contributed by atoms with Gasteiger partial charge in [-0.05, 0) is 26.7 Å². The summed E-state index contributed by atoms with van der Waals surface area (Å²) in [5.74, 6) is 0. The maximum atomic E-state index is 9.49. The van der Waals surface area contributed by atoms with Gasteiger partial charge in [0.05, 0.1) is 6.10 Å². The molecule has 72 valence electrons. The summed E-state index contributed by atoms with van der Waals surface area (Å²) >= 11 is 0. The molecule has 1 unspecified atom stereocenters. The van der Waals surface area contributed by atoms with Crippen LogP contribution in [0.4, 0.5) is 0 Å². The summed E-state index contributed by atoms with van der Waals surface area (Å²) in [7, 11) is 0. The van der Waals surface area contributed by atoms with Gasteiger partial charge in [-0.1, -0.05) is 0 Å². The highest BCUT2D eigenvalue weighted by molar-refractivity contribution is 4.59. The maximum absolute atomic E-state index is 9.49. The van der Waals surface area contributed by atoms with Crippen LogP contribution in [0, 0.1) is 0 Å². The number of nitrogens with one attached hydrogen (secondary N) is 1. The van der Waals surface area contributed by atoms with Crippen LogP contribution in [0.1, 0.15) is 26.7 Å². The molecule has 1 rings (SSSR count). The van der Waals surface area contributed by atoms with Gasteiger partial charge in [0.15, 0.2) is 0 Å². The maximum Gasteiger partial charge on any atom is 0.229 e. The summed E-state index contributed by atoms with van der Waals surface area (Å²) in [6.07, 6.45) is 1.55. The Bertz CT molecular complexity index is 124. The summed E-state index contributed by atoms with van der Waals surface area (Å²) in [5, 5.41) is 11.2. The zero-order valence-electron chi connectivity index (χ0n) is 7.79. The molecule has 0 bridgehead atoms. The third-order valence-electron chi connectivity index (χ3n) is 1.80. The standard InChI is InChI=1S/C8H18N2O2/c1-7(2)12-8(11)10-6-4-3-5-9-10/h7-9,11H,3-6H2,1-2H3. The summed E-state index contributed by atoms with van der Waals surface area (Å²) in [5.41, 5.74) is 3.08. The van der Waals surface area contributed by atoms with Gasteiger partial charge in [-0.2, -0.15) is 5.01 Å². The third-order valence-corrected chi connectivity index (χ3v) is 1.80. The predicted octanol–water partition coefficient (Wildman–Crippen LogP) is 0.288. The first-order valence-electron chi connectivity index (χ1n) is 4.54. The summed E-state index contributed by atoms with van der Waals surface area (Å²) in [6, 6.07) is 0. The molecule has 4 heteroatoms. The molecule has 1 atom stereocenters. The fraction of sp³-hybridized carbons (Fsp3) is 1.00. The number of hydrogen-bond donors (Lipinski definition) is 2. The summed E-state index contributed by atoms with van der Waals surface area (Å²) < 4.78 is 5.21. The van der Waals surface area contributed by atoms with E-state index in [0.29, 0.717) is 0 Å². The minimum Gasteiger partial charge on any atom is -0.355 e. The van der Waals surface area contributed by atoms with Crippen LogP contribution < -0.4 is 5.43 Å². The van der Waals surface area contributed by atoms with Gasteiger partial charge >= 0.3 is 0 Å². The van der Waals surface area contributed by atoms with Crippen molar-refractivity contribution in [3.8, 4) is 0 Å². The number of hydrogen-bond acceptors (Lipinski definition) is 4. The molecule has 1 aliphatic heterocycles. The molecule has 1 heterocycles. The van der Waals surface area contributed by atoms with Crippen molar-refractivity contribution in [3.63, 3.8) is 0 Å². The van der Waals surface area contributed by atoms with Crippen LogP contribution in [0.25, 0.3) is 0 Å². The second kappa shape index (κ2) is 4.77. The Labute approximate surface area is 73.5 Å². The first-order chi connectivity index (χ1) is 5.70. The molecule has 0 amide bonds. The lowest BCUT2D eigenvalue weighted by atomic mass is 10.3. The van der Waals surface area contributed by atoms with Crippen LogP contribution >= 0.6 is 0 Å². The van der Waals surface area contributed by atoms with Gasteiger partial charge in [0.25, 0.3) is 0 Å². The first kappa shape index (κ1) is 9.92. The van der Waals surface area contributed by atoms with E-state index in [4.69, 9.17) is 4.74 Å². The zero-order valence-corrected chi connectivity index (χ0v) is 7.79. The van der Waals surface area contributed by atoms with Crippen molar-refractivity contribution in [3.05, 3.63) is 0 Å². The molecule has 1 saturated heterocycles. The molecular weight excluding hydrogens is 156 g/mol. The Morgan fingerprint density at radius 3 is 2.67 bits per heavy atom. The Balaban J connectivity index is 2.24. The van der Waals surface area contributed by atoms with Crippen molar-refractivity contribution in [2.24, 2.45) is 0 Å². The second-order valence-corrected chi connectivity index (χ2v) is 3.32. The Morgan fingerprint density at radius 1 is 1.42 bits per heavy atom. The quantitative estimate of drug-likeness (QED) is 0.604. The van der Waals surface area contributed by atoms with E-state index in [0.717, 1.165) is 19.5 Å². The number of rotatable bonds is 3. The van der Waals surface area contributed by atoms with E-state index in [1.807, 2.05) is 13.8 Å². The van der Waals surface area contributed by atoms with Crippen LogP contribution in [0.2, 0.25) is 0 Å². The molecule has 0 aliphatic carbocycles. The molecule has 2 N–H and O–H groups in total. The smallest absolute Gasteiger partial charge is 0.229 e. The van der Waals surface area contributed by atoms with Crippen LogP contribution in [0.3, 0.4) is 0 Å². The second-order valence-electron chi connectivity index (χ2n) is 3.32. The molecular formula is C8H18N2O2. The summed E-state index contributed by atoms with van der Waals surface area (Å²) in [6.45, 7) is 5.60. The van der Waals surface area contributed by atoms with Crippen LogP contribution in [-0.2, 0) is 4.74 Å². The number of hydrazine groups is 1. The normalized spacial score (nSPS) is 23.0. The van der Waals surface area contributed by atoms with Crippen molar-refractivity contribution in [2.45, 2.75) is 39.2 Å². The van der Waals surface area contributed by atoms with Gasteiger partial charge in [-0.25, -0.2) is 0 Å². The van der Waals surface area contributed by atoms with E-state index < -0.39 is 6.41 Å². The van der Waals surface area contributed by atoms with E-state index in [1.54, 1.807) is 5.01 Å². The lowest BCUT2D eigenvalue weighted by Crippen LogP contribution is -2.51. The van der Waals surface area contributed by atoms with Gasteiger partial charge in [0.2, 0.25) is 6.41 Å². The van der Waals surface area contributed by atoms with Gasteiger partial charge < -0.3 is 9.84 Å². The SMILES string of the molecule is CC(C)OC(O)N1CCCCN1. The molecule has 1 fully saturated rings. The lowest BCUT2D eigenvalue weighted by Gasteiger charge is -2.32. The minimum atomic E-state index is -0.801. The summed E-state index contributed by atoms with van der Waals surface area (Å²) in [4.78, 5) is 0. The number of ether oxygens (including phenoxy) is 1. The first-order valence-corrected chi connectivity index (χ1v) is 4.54. The van der Waals surface area contributed by atoms with E-state index in [9.17, 15) is 5.11 Å². The van der Waals surface area contributed by atoms with Crippen molar-refractivity contribution in [1.82, 2.24) is 10.4 Å². The van der Waals surface area contributed by atoms with Crippen molar-refractivity contribution in [2.75, 3.05) is 13.1 Å². The van der Waals surface area contributed by atoms with Gasteiger partial charge in [-0.3, -0.25) is 5.43 Å². The number of nitrogens with zero attached hydrogens (tertiary/aromatic N) is 1. The average molecular weight is 174 g/mol. The Kier molecular flexibility index (Phi) is 3.94. The number of aliphatic hydroxyl groups excluding tert-OH is 1. The van der Waals surface area contributed by atoms with Crippen molar-refractivity contribution < 1.29 is 9.84 Å². The van der Waals surface area contributed by atoms with Crippen LogP contribution in [-0.4, -0.2) is 35.7 Å². The van der Waals surface area contributed by atoms with Crippen molar-refractivity contribution >= 4 is 0 Å². The molecule has 12 heavy (non-hydrogen) atoms. The largest absolute Gasteiger partial charge is 0.355 e. The highest BCUT2D eigenvalue weighted by Crippen LogP contribution is 2.05. The molecule has 0 spiro atoms. The molecule has 0 aromatic rings. The zero-order chi connectivity index (χ0) is 8.97. The predicted molar refractivity (Wildman–Crippen MR) is 46.2 cm³/mol. The molecule has 1 aliphatic rings. The van der Waals surface area contributed by atoms with E-state index in [2.05, 4.69) is 5.43 Å². The highest BCUT2D eigenvalue weighted by Gasteiger charge is 2.18. The fourth-order valence-corrected chi connectivity index (χ4v) is 1.21. The Hall–Kier alpha value is -0.160. The molecule has 4 nitrogen and oxygen atoms in total. The molecule has 0 saturated carbocycles. The monoisotopic (exact) mass is 174 g/mol. The lowest BCUT2D eigenvalue weighted by molar-refractivity contribution is -0.230. The van der Waals surface area contributed by atoms with E-state index >= 15 is 0 Å². The molecule has 0 aromatic carbocycles. The Morgan fingerprint density at radius 2 is 2.17 bits per heavy atom. The third kappa shape index (κ3) is 3.06. The average Bonchev–Trinajstić information content (AvgIpc) is 2.05. The number of aliphatic hydroxyl groups is 1. The van der Waals surface area contributed by atoms with Gasteiger partial charge in [0, 0.05) is 13.1 Å². The topological polar surface area (TPSA) is 44.7 Å².